The zero-order valence-electron chi connectivity index (χ0n) is 18.7. The second-order valence-electron chi connectivity index (χ2n) is 6.68. The molecule has 0 fully saturated rings. The Balaban J connectivity index is 3.54. The number of carbonyl (C=O) groups is 1. The molecule has 0 aliphatic carbocycles. The molecule has 1 aromatic carbocycles. The predicted molar refractivity (Wildman–Crippen MR) is 133 cm³/mol. The number of halogens is 2. The summed E-state index contributed by atoms with van der Waals surface area (Å²) < 4.78 is 0. The van der Waals surface area contributed by atoms with Gasteiger partial charge >= 0.3 is 0 Å². The molecule has 0 atom stereocenters. The minimum atomic E-state index is -0.389. The van der Waals surface area contributed by atoms with Crippen LogP contribution >= 0.6 is 23.2 Å². The second kappa shape index (κ2) is 15.2. The smallest absolute Gasteiger partial charge is 0.271 e. The van der Waals surface area contributed by atoms with Gasteiger partial charge in [0.05, 0.1) is 0 Å². The number of likely N-dealkylation sites (N-methyl/N-ethyl adjacent to an activating group) is 1. The lowest BCUT2D eigenvalue weighted by Gasteiger charge is -2.29. The van der Waals surface area contributed by atoms with E-state index in [-0.39, 0.29) is 30.6 Å². The van der Waals surface area contributed by atoms with E-state index in [1.165, 1.54) is 19.2 Å². The summed E-state index contributed by atoms with van der Waals surface area (Å²) in [5, 5.41) is 29.1. The molecule has 0 saturated heterocycles. The Morgan fingerprint density at radius 1 is 1.25 bits per heavy atom. The summed E-state index contributed by atoms with van der Waals surface area (Å²) in [5.74, 6) is -0.0691. The number of anilines is 1. The Morgan fingerprint density at radius 2 is 2.00 bits per heavy atom. The van der Waals surface area contributed by atoms with Gasteiger partial charge < -0.3 is 31.1 Å². The molecule has 32 heavy (non-hydrogen) atoms. The van der Waals surface area contributed by atoms with Gasteiger partial charge in [-0.15, -0.1) is 0 Å². The van der Waals surface area contributed by atoms with Crippen molar-refractivity contribution in [2.75, 3.05) is 31.8 Å². The van der Waals surface area contributed by atoms with Crippen molar-refractivity contribution in [2.45, 2.75) is 26.7 Å². The normalized spacial score (nSPS) is 12.8. The third-order valence-corrected chi connectivity index (χ3v) is 4.69. The van der Waals surface area contributed by atoms with Crippen molar-refractivity contribution in [1.82, 2.24) is 16.0 Å². The highest BCUT2D eigenvalue weighted by atomic mass is 35.5. The Hall–Kier alpha value is -2.61. The molecule has 0 bridgehead atoms. The molecule has 9 heteroatoms. The zero-order valence-corrected chi connectivity index (χ0v) is 20.2. The summed E-state index contributed by atoms with van der Waals surface area (Å²) in [7, 11) is 1.52. The van der Waals surface area contributed by atoms with E-state index in [1.54, 1.807) is 29.2 Å². The molecule has 0 aliphatic rings. The average molecular weight is 483 g/mol. The summed E-state index contributed by atoms with van der Waals surface area (Å²) in [4.78, 5) is 14.6. The number of amides is 1. The van der Waals surface area contributed by atoms with Gasteiger partial charge in [0.25, 0.3) is 5.91 Å². The number of rotatable bonds is 13. The summed E-state index contributed by atoms with van der Waals surface area (Å²) >= 11 is 12.3. The molecular weight excluding hydrogens is 451 g/mol. The highest BCUT2D eigenvalue weighted by molar-refractivity contribution is 6.31. The van der Waals surface area contributed by atoms with Crippen LogP contribution in [0.4, 0.5) is 5.69 Å². The molecule has 1 rings (SSSR count). The minimum Gasteiger partial charge on any atom is -0.508 e. The maximum atomic E-state index is 12.9. The molecule has 0 unspecified atom stereocenters. The number of phenols is 1. The van der Waals surface area contributed by atoms with Crippen LogP contribution in [0.15, 0.2) is 65.1 Å². The first-order valence-electron chi connectivity index (χ1n) is 10.3. The number of allylic oxidation sites excluding steroid dienone is 5. The number of aromatic hydroxyl groups is 1. The van der Waals surface area contributed by atoms with E-state index < -0.39 is 0 Å². The van der Waals surface area contributed by atoms with Crippen LogP contribution in [0, 0.1) is 0 Å². The van der Waals surface area contributed by atoms with E-state index in [2.05, 4.69) is 22.9 Å². The number of phenolic OH excluding ortho intramolecular Hbond substituents is 1. The molecular formula is C23H32Cl2N4O3. The van der Waals surface area contributed by atoms with Gasteiger partial charge in [-0.25, -0.2) is 0 Å². The fourth-order valence-corrected chi connectivity index (χ4v) is 3.19. The molecule has 176 valence electrons. The Morgan fingerprint density at radius 3 is 2.59 bits per heavy atom. The standard InChI is InChI=1S/C23H32Cl2N4O3/c1-4-6-11-27-22(28-16-30)21(23(32)26-3)29(12-8-7-10-17(24)9-5-2)19-13-18(25)14-20(31)15-19/h5,7-10,13-15,27-28,30-31H,4,6,11-12,16H2,1-3H3,(H,26,32)/b8-7+,9-5-,17-10+,22-21-. The molecule has 1 aromatic rings. The highest BCUT2D eigenvalue weighted by Gasteiger charge is 2.23. The molecule has 1 amide bonds. The van der Waals surface area contributed by atoms with E-state index in [0.717, 1.165) is 12.8 Å². The minimum absolute atomic E-state index is 0.0376. The van der Waals surface area contributed by atoms with Crippen molar-refractivity contribution >= 4 is 34.8 Å². The van der Waals surface area contributed by atoms with Gasteiger partial charge in [-0.05, 0) is 37.6 Å². The number of nitrogens with zero attached hydrogens (tertiary/aromatic N) is 1. The number of nitrogens with one attached hydrogen (secondary N) is 3. The van der Waals surface area contributed by atoms with Crippen LogP contribution in [-0.2, 0) is 4.79 Å². The van der Waals surface area contributed by atoms with Crippen LogP contribution in [0.5, 0.6) is 5.75 Å². The van der Waals surface area contributed by atoms with Crippen molar-refractivity contribution < 1.29 is 15.0 Å². The van der Waals surface area contributed by atoms with Crippen LogP contribution in [0.3, 0.4) is 0 Å². The largest absolute Gasteiger partial charge is 0.508 e. The van der Waals surface area contributed by atoms with Crippen molar-refractivity contribution in [3.8, 4) is 5.75 Å². The Labute approximate surface area is 200 Å². The predicted octanol–water partition coefficient (Wildman–Crippen LogP) is 3.95. The lowest BCUT2D eigenvalue weighted by atomic mass is 10.2. The molecule has 0 aliphatic heterocycles. The first-order chi connectivity index (χ1) is 15.4. The molecule has 5 N–H and O–H groups in total. The lowest BCUT2D eigenvalue weighted by molar-refractivity contribution is -0.117. The fraction of sp³-hybridized carbons (Fsp3) is 0.348. The molecule has 7 nitrogen and oxygen atoms in total. The van der Waals surface area contributed by atoms with Crippen molar-refractivity contribution in [1.29, 1.82) is 0 Å². The quantitative estimate of drug-likeness (QED) is 0.126. The Bertz CT molecular complexity index is 847. The van der Waals surface area contributed by atoms with E-state index in [0.29, 0.717) is 28.1 Å². The maximum absolute atomic E-state index is 12.9. The number of aliphatic hydroxyl groups excluding tert-OH is 1. The van der Waals surface area contributed by atoms with E-state index in [1.807, 2.05) is 19.1 Å². The van der Waals surface area contributed by atoms with Crippen LogP contribution in [0.25, 0.3) is 0 Å². The average Bonchev–Trinajstić information content (AvgIpc) is 2.74. The van der Waals surface area contributed by atoms with Gasteiger partial charge in [-0.3, -0.25) is 4.79 Å². The van der Waals surface area contributed by atoms with Crippen molar-refractivity contribution in [3.05, 3.63) is 70.2 Å². The molecule has 0 aromatic heterocycles. The number of benzene rings is 1. The van der Waals surface area contributed by atoms with E-state index >= 15 is 0 Å². The number of aliphatic hydroxyl groups is 1. The maximum Gasteiger partial charge on any atom is 0.271 e. The van der Waals surface area contributed by atoms with Gasteiger partial charge in [-0.2, -0.15) is 0 Å². The van der Waals surface area contributed by atoms with Crippen LogP contribution in [0.2, 0.25) is 5.02 Å². The fourth-order valence-electron chi connectivity index (χ4n) is 2.77. The van der Waals surface area contributed by atoms with E-state index in [4.69, 9.17) is 23.2 Å². The molecule has 0 radical (unpaired) electrons. The summed E-state index contributed by atoms with van der Waals surface area (Å²) in [6.07, 6.45) is 10.7. The van der Waals surface area contributed by atoms with Crippen LogP contribution < -0.4 is 20.9 Å². The summed E-state index contributed by atoms with van der Waals surface area (Å²) in [6.45, 7) is 4.41. The lowest BCUT2D eigenvalue weighted by Crippen LogP contribution is -2.41. The summed E-state index contributed by atoms with van der Waals surface area (Å²) in [6, 6.07) is 4.56. The summed E-state index contributed by atoms with van der Waals surface area (Å²) in [5.41, 5.74) is 0.726. The van der Waals surface area contributed by atoms with Gasteiger partial charge in [0.1, 0.15) is 24.0 Å². The SMILES string of the molecule is C\C=C/C(Cl)=C\C=C\CN(/C(C(=O)NC)=C(\NCO)NCCCC)c1cc(O)cc(Cl)c1. The molecule has 0 spiro atoms. The number of hydrogen-bond donors (Lipinski definition) is 5. The van der Waals surface area contributed by atoms with Crippen LogP contribution in [-0.4, -0.2) is 43.0 Å². The van der Waals surface area contributed by atoms with Gasteiger partial charge in [0.2, 0.25) is 0 Å². The van der Waals surface area contributed by atoms with Crippen molar-refractivity contribution in [3.63, 3.8) is 0 Å². The highest BCUT2D eigenvalue weighted by Crippen LogP contribution is 2.29. The van der Waals surface area contributed by atoms with Crippen molar-refractivity contribution in [2.24, 2.45) is 0 Å². The van der Waals surface area contributed by atoms with Gasteiger partial charge in [-0.1, -0.05) is 54.8 Å². The number of unbranched alkanes of at least 4 members (excludes halogenated alkanes) is 1. The number of hydrogen-bond acceptors (Lipinski definition) is 6. The van der Waals surface area contributed by atoms with Gasteiger partial charge in [0, 0.05) is 41.9 Å². The molecule has 0 saturated carbocycles. The topological polar surface area (TPSA) is 96.9 Å². The zero-order chi connectivity index (χ0) is 23.9. The van der Waals surface area contributed by atoms with E-state index in [9.17, 15) is 15.0 Å². The Kier molecular flexibility index (Phi) is 13.1. The third kappa shape index (κ3) is 9.26. The number of carbonyl (C=O) groups excluding carboxylic acids is 1. The van der Waals surface area contributed by atoms with Gasteiger partial charge in [0.15, 0.2) is 0 Å². The first-order valence-corrected chi connectivity index (χ1v) is 11.1. The molecule has 0 heterocycles. The third-order valence-electron chi connectivity index (χ3n) is 4.22. The van der Waals surface area contributed by atoms with Crippen LogP contribution in [0.1, 0.15) is 26.7 Å². The monoisotopic (exact) mass is 482 g/mol. The second-order valence-corrected chi connectivity index (χ2v) is 7.55. The first kappa shape index (κ1) is 27.4.